The van der Waals surface area contributed by atoms with Crippen molar-refractivity contribution in [2.45, 2.75) is 32.6 Å². The van der Waals surface area contributed by atoms with Crippen LogP contribution in [0.2, 0.25) is 0 Å². The van der Waals surface area contributed by atoms with Crippen LogP contribution in [0.1, 0.15) is 32.6 Å². The lowest BCUT2D eigenvalue weighted by atomic mass is 10.0. The van der Waals surface area contributed by atoms with Gasteiger partial charge in [-0.05, 0) is 24.7 Å². The third-order valence-electron chi connectivity index (χ3n) is 3.52. The van der Waals surface area contributed by atoms with Crippen LogP contribution in [0.25, 0.3) is 4.96 Å². The van der Waals surface area contributed by atoms with Gasteiger partial charge in [0.2, 0.25) is 10.1 Å². The third kappa shape index (κ3) is 2.12. The van der Waals surface area contributed by atoms with Crippen LogP contribution in [0.4, 0.5) is 5.13 Å². The summed E-state index contributed by atoms with van der Waals surface area (Å²) >= 11 is 1.43. The topological polar surface area (TPSA) is 59.3 Å². The summed E-state index contributed by atoms with van der Waals surface area (Å²) in [6.45, 7) is 3.18. The first kappa shape index (κ1) is 11.6. The van der Waals surface area contributed by atoms with Crippen molar-refractivity contribution < 1.29 is 0 Å². The van der Waals surface area contributed by atoms with E-state index in [1.165, 1.54) is 53.8 Å². The molecule has 1 saturated carbocycles. The molecule has 1 fully saturated rings. The number of aromatic nitrogens is 3. The van der Waals surface area contributed by atoms with Gasteiger partial charge >= 0.3 is 0 Å². The molecule has 6 heteroatoms. The van der Waals surface area contributed by atoms with E-state index in [0.717, 1.165) is 11.7 Å². The van der Waals surface area contributed by atoms with Crippen molar-refractivity contribution >= 4 is 21.4 Å². The molecule has 2 aromatic heterocycles. The fraction of sp³-hybridized carbons (Fsp3) is 0.583. The molecule has 0 spiro atoms. The maximum atomic E-state index is 11.5. The quantitative estimate of drug-likeness (QED) is 0.899. The zero-order chi connectivity index (χ0) is 12.6. The van der Waals surface area contributed by atoms with Crippen molar-refractivity contribution in [2.75, 3.05) is 11.9 Å². The van der Waals surface area contributed by atoms with Gasteiger partial charge in [-0.2, -0.15) is 4.52 Å². The Bertz CT molecular complexity index is 614. The molecule has 0 aromatic carbocycles. The first-order valence-corrected chi connectivity index (χ1v) is 7.13. The monoisotopic (exact) mass is 264 g/mol. The molecule has 2 aromatic rings. The van der Waals surface area contributed by atoms with Crippen molar-refractivity contribution in [2.24, 2.45) is 5.41 Å². The second kappa shape index (κ2) is 4.35. The summed E-state index contributed by atoms with van der Waals surface area (Å²) < 4.78 is 1.35. The molecule has 2 heterocycles. The number of hydrogen-bond donors (Lipinski definition) is 1. The minimum absolute atomic E-state index is 0.126. The molecule has 3 rings (SSSR count). The highest BCUT2D eigenvalue weighted by Gasteiger charge is 2.41. The standard InChI is InChI=1S/C12H16N4OS/c1-2-4-12(5-6-12)8-14-10-15-16-9(17)3-7-13-11(16)18-10/h3,7H,2,4-6,8H2,1H3,(H,14,15). The minimum atomic E-state index is -0.126. The van der Waals surface area contributed by atoms with E-state index < -0.39 is 0 Å². The average molecular weight is 264 g/mol. The van der Waals surface area contributed by atoms with E-state index >= 15 is 0 Å². The highest BCUT2D eigenvalue weighted by molar-refractivity contribution is 7.20. The van der Waals surface area contributed by atoms with Gasteiger partial charge < -0.3 is 5.32 Å². The van der Waals surface area contributed by atoms with Gasteiger partial charge in [-0.25, -0.2) is 4.98 Å². The Morgan fingerprint density at radius 3 is 3.06 bits per heavy atom. The second-order valence-corrected chi connectivity index (χ2v) is 5.94. The van der Waals surface area contributed by atoms with Gasteiger partial charge in [0.25, 0.3) is 5.56 Å². The van der Waals surface area contributed by atoms with Crippen LogP contribution in [0, 0.1) is 5.41 Å². The van der Waals surface area contributed by atoms with Crippen molar-refractivity contribution in [3.63, 3.8) is 0 Å². The molecule has 1 aliphatic carbocycles. The van der Waals surface area contributed by atoms with Crippen LogP contribution in [-0.2, 0) is 0 Å². The highest BCUT2D eigenvalue weighted by atomic mass is 32.1. The zero-order valence-corrected chi connectivity index (χ0v) is 11.2. The molecule has 0 unspecified atom stereocenters. The number of hydrogen-bond acceptors (Lipinski definition) is 5. The van der Waals surface area contributed by atoms with Gasteiger partial charge in [0, 0.05) is 18.8 Å². The maximum Gasteiger partial charge on any atom is 0.275 e. The lowest BCUT2D eigenvalue weighted by molar-refractivity contribution is 0.485. The lowest BCUT2D eigenvalue weighted by Crippen LogP contribution is -2.16. The molecule has 18 heavy (non-hydrogen) atoms. The second-order valence-electron chi connectivity index (χ2n) is 4.99. The van der Waals surface area contributed by atoms with E-state index in [9.17, 15) is 4.79 Å². The Balaban J connectivity index is 1.75. The van der Waals surface area contributed by atoms with E-state index in [1.807, 2.05) is 0 Å². The summed E-state index contributed by atoms with van der Waals surface area (Å²) in [5.74, 6) is 0. The van der Waals surface area contributed by atoms with Crippen LogP contribution in [-0.4, -0.2) is 21.1 Å². The smallest absolute Gasteiger partial charge is 0.275 e. The van der Waals surface area contributed by atoms with Crippen LogP contribution >= 0.6 is 11.3 Å². The van der Waals surface area contributed by atoms with E-state index in [1.54, 1.807) is 0 Å². The van der Waals surface area contributed by atoms with Crippen molar-refractivity contribution in [3.8, 4) is 0 Å². The van der Waals surface area contributed by atoms with Gasteiger partial charge in [-0.15, -0.1) is 5.10 Å². The molecule has 0 saturated heterocycles. The molecule has 0 amide bonds. The summed E-state index contributed by atoms with van der Waals surface area (Å²) in [5.41, 5.74) is 0.351. The van der Waals surface area contributed by atoms with E-state index in [4.69, 9.17) is 0 Å². The van der Waals surface area contributed by atoms with E-state index in [0.29, 0.717) is 10.4 Å². The molecule has 96 valence electrons. The van der Waals surface area contributed by atoms with Gasteiger partial charge in [0.05, 0.1) is 0 Å². The molecule has 1 aliphatic rings. The Hall–Kier alpha value is -1.43. The van der Waals surface area contributed by atoms with Crippen LogP contribution < -0.4 is 10.9 Å². The normalized spacial score (nSPS) is 16.9. The number of fused-ring (bicyclic) bond motifs is 1. The molecule has 0 atom stereocenters. The average Bonchev–Trinajstić information content (AvgIpc) is 2.98. The first-order chi connectivity index (χ1) is 8.72. The van der Waals surface area contributed by atoms with Gasteiger partial charge in [-0.3, -0.25) is 4.79 Å². The number of nitrogens with zero attached hydrogens (tertiary/aromatic N) is 3. The first-order valence-electron chi connectivity index (χ1n) is 6.31. The Labute approximate surface area is 109 Å². The van der Waals surface area contributed by atoms with Gasteiger partial charge in [0.1, 0.15) is 0 Å². The van der Waals surface area contributed by atoms with Crippen LogP contribution in [0.3, 0.4) is 0 Å². The Morgan fingerprint density at radius 2 is 2.39 bits per heavy atom. The molecule has 0 bridgehead atoms. The summed E-state index contributed by atoms with van der Waals surface area (Å²) in [4.78, 5) is 16.3. The largest absolute Gasteiger partial charge is 0.360 e. The summed E-state index contributed by atoms with van der Waals surface area (Å²) in [6.07, 6.45) is 6.62. The van der Waals surface area contributed by atoms with Crippen LogP contribution in [0.15, 0.2) is 17.1 Å². The summed E-state index contributed by atoms with van der Waals surface area (Å²) in [7, 11) is 0. The molecule has 1 N–H and O–H groups in total. The molecule has 0 radical (unpaired) electrons. The zero-order valence-electron chi connectivity index (χ0n) is 10.3. The predicted molar refractivity (Wildman–Crippen MR) is 72.2 cm³/mol. The van der Waals surface area contributed by atoms with E-state index in [2.05, 4.69) is 22.3 Å². The predicted octanol–water partition coefficient (Wildman–Crippen LogP) is 2.14. The molecule has 5 nitrogen and oxygen atoms in total. The Kier molecular flexibility index (Phi) is 2.81. The summed E-state index contributed by atoms with van der Waals surface area (Å²) in [5, 5.41) is 8.39. The van der Waals surface area contributed by atoms with E-state index in [-0.39, 0.29) is 5.56 Å². The van der Waals surface area contributed by atoms with Crippen molar-refractivity contribution in [1.82, 2.24) is 14.6 Å². The van der Waals surface area contributed by atoms with Crippen molar-refractivity contribution in [3.05, 3.63) is 22.6 Å². The Morgan fingerprint density at radius 1 is 1.56 bits per heavy atom. The fourth-order valence-corrected chi connectivity index (χ4v) is 3.07. The molecular weight excluding hydrogens is 248 g/mol. The SMILES string of the molecule is CCCC1(CNc2nn3c(=O)ccnc3s2)CC1. The maximum absolute atomic E-state index is 11.5. The molecular formula is C12H16N4OS. The molecule has 0 aliphatic heterocycles. The van der Waals surface area contributed by atoms with Gasteiger partial charge in [-0.1, -0.05) is 24.7 Å². The van der Waals surface area contributed by atoms with Crippen LogP contribution in [0.5, 0.6) is 0 Å². The van der Waals surface area contributed by atoms with Crippen molar-refractivity contribution in [1.29, 1.82) is 0 Å². The number of nitrogens with one attached hydrogen (secondary N) is 1. The highest BCUT2D eigenvalue weighted by Crippen LogP contribution is 2.49. The number of rotatable bonds is 5. The van der Waals surface area contributed by atoms with Gasteiger partial charge in [0.15, 0.2) is 0 Å². The summed E-state index contributed by atoms with van der Waals surface area (Å²) in [6, 6.07) is 1.43. The third-order valence-corrected chi connectivity index (χ3v) is 4.40. The minimum Gasteiger partial charge on any atom is -0.360 e. The number of anilines is 1. The fourth-order valence-electron chi connectivity index (χ4n) is 2.30. The lowest BCUT2D eigenvalue weighted by Gasteiger charge is -2.13.